The van der Waals surface area contributed by atoms with Gasteiger partial charge in [0.2, 0.25) is 0 Å². The van der Waals surface area contributed by atoms with Gasteiger partial charge in [-0.25, -0.2) is 0 Å². The summed E-state index contributed by atoms with van der Waals surface area (Å²) in [6.07, 6.45) is 7.40. The van der Waals surface area contributed by atoms with Crippen LogP contribution in [0.1, 0.15) is 59.3 Å². The van der Waals surface area contributed by atoms with Crippen LogP contribution in [0.4, 0.5) is 0 Å². The molecule has 15 heavy (non-hydrogen) atoms. The molecule has 0 atom stereocenters. The monoisotopic (exact) mass is 209 g/mol. The molecule has 0 aromatic heterocycles. The second kappa shape index (κ2) is 11.6. The topological polar surface area (TPSA) is 3.24 Å². The Labute approximate surface area is 96.2 Å². The van der Waals surface area contributed by atoms with Crippen LogP contribution in [0.3, 0.4) is 0 Å². The van der Waals surface area contributed by atoms with Gasteiger partial charge in [-0.1, -0.05) is 39.5 Å². The maximum atomic E-state index is 3.28. The van der Waals surface area contributed by atoms with Gasteiger partial charge in [0.05, 0.1) is 6.54 Å². The van der Waals surface area contributed by atoms with Crippen molar-refractivity contribution in [1.82, 2.24) is 4.90 Å². The lowest BCUT2D eigenvalue weighted by Crippen LogP contribution is -2.26. The molecule has 0 heterocycles. The quantitative estimate of drug-likeness (QED) is 0.551. The molecule has 1 heteroatoms. The molecule has 0 bridgehead atoms. The Bertz CT molecular complexity index is 168. The van der Waals surface area contributed by atoms with Crippen LogP contribution < -0.4 is 0 Å². The van der Waals surface area contributed by atoms with E-state index in [9.17, 15) is 0 Å². The van der Waals surface area contributed by atoms with E-state index in [-0.39, 0.29) is 0 Å². The van der Waals surface area contributed by atoms with Gasteiger partial charge in [-0.15, -0.1) is 5.92 Å². The van der Waals surface area contributed by atoms with Gasteiger partial charge in [0.25, 0.3) is 0 Å². The molecule has 0 rings (SSSR count). The van der Waals surface area contributed by atoms with Gasteiger partial charge in [0, 0.05) is 6.42 Å². The fourth-order valence-electron chi connectivity index (χ4n) is 1.41. The number of hydrogen-bond acceptors (Lipinski definition) is 1. The molecule has 0 spiro atoms. The van der Waals surface area contributed by atoms with Crippen molar-refractivity contribution in [2.75, 3.05) is 19.6 Å². The molecule has 88 valence electrons. The van der Waals surface area contributed by atoms with E-state index in [0.717, 1.165) is 13.0 Å². The molecule has 0 aromatic carbocycles. The standard InChI is InChI=1S/C14H27N/c1-4-7-10-11-14-15(12-8-5-2)13-9-6-3/h4-9,12-14H2,1-3H3. The molecule has 0 N–H and O–H groups in total. The molecule has 0 fully saturated rings. The zero-order valence-electron chi connectivity index (χ0n) is 10.8. The third kappa shape index (κ3) is 9.82. The zero-order chi connectivity index (χ0) is 11.4. The maximum Gasteiger partial charge on any atom is 0.0601 e. The van der Waals surface area contributed by atoms with Crippen LogP contribution >= 0.6 is 0 Å². The summed E-state index contributed by atoms with van der Waals surface area (Å²) in [6.45, 7) is 10.1. The summed E-state index contributed by atoms with van der Waals surface area (Å²) in [7, 11) is 0. The number of hydrogen-bond donors (Lipinski definition) is 0. The fourth-order valence-corrected chi connectivity index (χ4v) is 1.41. The van der Waals surface area contributed by atoms with Crippen LogP contribution in [0.15, 0.2) is 0 Å². The van der Waals surface area contributed by atoms with Gasteiger partial charge in [0.15, 0.2) is 0 Å². The molecule has 0 radical (unpaired) electrons. The molecular weight excluding hydrogens is 182 g/mol. The van der Waals surface area contributed by atoms with E-state index in [0.29, 0.717) is 0 Å². The van der Waals surface area contributed by atoms with E-state index in [1.54, 1.807) is 0 Å². The van der Waals surface area contributed by atoms with Crippen LogP contribution in [0.5, 0.6) is 0 Å². The molecule has 0 aliphatic carbocycles. The van der Waals surface area contributed by atoms with Crippen LogP contribution in [0.25, 0.3) is 0 Å². The Morgan fingerprint density at radius 3 is 1.87 bits per heavy atom. The Morgan fingerprint density at radius 2 is 1.40 bits per heavy atom. The van der Waals surface area contributed by atoms with Crippen molar-refractivity contribution in [1.29, 1.82) is 0 Å². The number of unbranched alkanes of at least 4 members (excludes halogenated alkanes) is 3. The van der Waals surface area contributed by atoms with E-state index in [1.165, 1.54) is 45.2 Å². The van der Waals surface area contributed by atoms with Gasteiger partial charge in [-0.3, -0.25) is 4.90 Å². The minimum absolute atomic E-state index is 0.972. The van der Waals surface area contributed by atoms with Gasteiger partial charge in [0.1, 0.15) is 0 Å². The first-order chi connectivity index (χ1) is 7.35. The summed E-state index contributed by atoms with van der Waals surface area (Å²) >= 11 is 0. The van der Waals surface area contributed by atoms with Crippen molar-refractivity contribution in [2.24, 2.45) is 0 Å². The highest BCUT2D eigenvalue weighted by Gasteiger charge is 2.00. The molecule has 0 saturated carbocycles. The van der Waals surface area contributed by atoms with Crippen molar-refractivity contribution in [2.45, 2.75) is 59.3 Å². The lowest BCUT2D eigenvalue weighted by atomic mass is 10.2. The Kier molecular flexibility index (Phi) is 11.2. The summed E-state index contributed by atoms with van der Waals surface area (Å²) < 4.78 is 0. The maximum absolute atomic E-state index is 3.28. The van der Waals surface area contributed by atoms with E-state index >= 15 is 0 Å². The molecule has 0 aromatic rings. The number of nitrogens with zero attached hydrogens (tertiary/aromatic N) is 1. The fraction of sp³-hybridized carbons (Fsp3) is 0.857. The molecule has 0 unspecified atom stereocenters. The SMILES string of the molecule is CCCC#CCN(CCCC)CCCC. The molecule has 0 saturated heterocycles. The second-order valence-electron chi connectivity index (χ2n) is 4.09. The highest BCUT2D eigenvalue weighted by molar-refractivity contribution is 5.00. The summed E-state index contributed by atoms with van der Waals surface area (Å²) in [6, 6.07) is 0. The predicted molar refractivity (Wildman–Crippen MR) is 68.9 cm³/mol. The van der Waals surface area contributed by atoms with E-state index in [2.05, 4.69) is 37.5 Å². The average Bonchev–Trinajstić information content (AvgIpc) is 2.27. The van der Waals surface area contributed by atoms with Crippen molar-refractivity contribution < 1.29 is 0 Å². The molecule has 0 amide bonds. The highest BCUT2D eigenvalue weighted by atomic mass is 15.1. The number of rotatable bonds is 8. The van der Waals surface area contributed by atoms with Gasteiger partial charge in [-0.05, 0) is 32.4 Å². The van der Waals surface area contributed by atoms with Crippen LogP contribution in [0.2, 0.25) is 0 Å². The van der Waals surface area contributed by atoms with Crippen molar-refractivity contribution >= 4 is 0 Å². The summed E-state index contributed by atoms with van der Waals surface area (Å²) in [5, 5.41) is 0. The summed E-state index contributed by atoms with van der Waals surface area (Å²) in [5.74, 6) is 6.51. The lowest BCUT2D eigenvalue weighted by Gasteiger charge is -2.18. The minimum atomic E-state index is 0.972. The third-order valence-electron chi connectivity index (χ3n) is 2.46. The average molecular weight is 209 g/mol. The van der Waals surface area contributed by atoms with Crippen LogP contribution in [-0.2, 0) is 0 Å². The first kappa shape index (κ1) is 14.5. The van der Waals surface area contributed by atoms with Gasteiger partial charge >= 0.3 is 0 Å². The Balaban J connectivity index is 3.74. The second-order valence-corrected chi connectivity index (χ2v) is 4.09. The Morgan fingerprint density at radius 1 is 0.800 bits per heavy atom. The van der Waals surface area contributed by atoms with Crippen LogP contribution in [-0.4, -0.2) is 24.5 Å². The van der Waals surface area contributed by atoms with Crippen LogP contribution in [0, 0.1) is 11.8 Å². The molecule has 1 nitrogen and oxygen atoms in total. The first-order valence-electron chi connectivity index (χ1n) is 6.53. The highest BCUT2D eigenvalue weighted by Crippen LogP contribution is 1.98. The summed E-state index contributed by atoms with van der Waals surface area (Å²) in [4.78, 5) is 2.50. The third-order valence-corrected chi connectivity index (χ3v) is 2.46. The minimum Gasteiger partial charge on any atom is -0.292 e. The van der Waals surface area contributed by atoms with E-state index in [1.807, 2.05) is 0 Å². The Hall–Kier alpha value is -0.480. The smallest absolute Gasteiger partial charge is 0.0601 e. The first-order valence-corrected chi connectivity index (χ1v) is 6.53. The largest absolute Gasteiger partial charge is 0.292 e. The van der Waals surface area contributed by atoms with Crippen molar-refractivity contribution in [3.63, 3.8) is 0 Å². The zero-order valence-corrected chi connectivity index (χ0v) is 10.8. The molecular formula is C14H27N. The van der Waals surface area contributed by atoms with Gasteiger partial charge in [-0.2, -0.15) is 0 Å². The lowest BCUT2D eigenvalue weighted by molar-refractivity contribution is 0.296. The van der Waals surface area contributed by atoms with E-state index < -0.39 is 0 Å². The van der Waals surface area contributed by atoms with Crippen molar-refractivity contribution in [3.05, 3.63) is 0 Å². The van der Waals surface area contributed by atoms with E-state index in [4.69, 9.17) is 0 Å². The van der Waals surface area contributed by atoms with Crippen molar-refractivity contribution in [3.8, 4) is 11.8 Å². The summed E-state index contributed by atoms with van der Waals surface area (Å²) in [5.41, 5.74) is 0. The van der Waals surface area contributed by atoms with Gasteiger partial charge < -0.3 is 0 Å². The normalized spacial score (nSPS) is 10.1. The molecule has 0 aliphatic heterocycles. The predicted octanol–water partition coefficient (Wildman–Crippen LogP) is 3.69. The molecule has 0 aliphatic rings.